The number of ether oxygens (including phenoxy) is 1. The first-order valence-corrected chi connectivity index (χ1v) is 5.29. The van der Waals surface area contributed by atoms with Gasteiger partial charge in [0.25, 0.3) is 0 Å². The van der Waals surface area contributed by atoms with E-state index in [-0.39, 0.29) is 5.41 Å². The molecule has 0 aromatic rings. The van der Waals surface area contributed by atoms with Crippen LogP contribution in [0.4, 0.5) is 0 Å². The highest BCUT2D eigenvalue weighted by Gasteiger charge is 2.21. The van der Waals surface area contributed by atoms with Crippen LogP contribution in [0.1, 0.15) is 20.3 Å². The van der Waals surface area contributed by atoms with Crippen molar-refractivity contribution in [3.8, 4) is 6.07 Å². The predicted molar refractivity (Wildman–Crippen MR) is 51.1 cm³/mol. The monoisotopic (exact) mass is 185 g/mol. The molecule has 1 rings (SSSR count). The molecule has 0 spiro atoms. The van der Waals surface area contributed by atoms with Crippen molar-refractivity contribution in [3.05, 3.63) is 0 Å². The lowest BCUT2D eigenvalue weighted by Gasteiger charge is -2.26. The highest BCUT2D eigenvalue weighted by atomic mass is 32.2. The van der Waals surface area contributed by atoms with Crippen LogP contribution in [-0.4, -0.2) is 24.2 Å². The molecular formula is C9H15NOS. The van der Waals surface area contributed by atoms with Gasteiger partial charge in [-0.2, -0.15) is 17.0 Å². The largest absolute Gasteiger partial charge is 0.379 e. The Kier molecular flexibility index (Phi) is 3.42. The fourth-order valence-electron chi connectivity index (χ4n) is 0.847. The Labute approximate surface area is 78.3 Å². The Morgan fingerprint density at radius 1 is 1.58 bits per heavy atom. The van der Waals surface area contributed by atoms with Gasteiger partial charge in [0.2, 0.25) is 0 Å². The molecule has 3 heteroatoms. The molecule has 1 saturated heterocycles. The number of hydrogen-bond acceptors (Lipinski definition) is 3. The summed E-state index contributed by atoms with van der Waals surface area (Å²) in [5.74, 6) is 1.08. The molecule has 1 aliphatic rings. The second-order valence-corrected chi connectivity index (χ2v) is 5.18. The Balaban J connectivity index is 2.05. The number of rotatable bonds is 4. The first kappa shape index (κ1) is 9.88. The van der Waals surface area contributed by atoms with Crippen LogP contribution in [0.5, 0.6) is 0 Å². The van der Waals surface area contributed by atoms with E-state index in [9.17, 15) is 0 Å². The molecule has 0 amide bonds. The number of thioether (sulfide) groups is 1. The van der Waals surface area contributed by atoms with E-state index >= 15 is 0 Å². The van der Waals surface area contributed by atoms with E-state index < -0.39 is 0 Å². The van der Waals surface area contributed by atoms with Gasteiger partial charge in [-0.3, -0.25) is 0 Å². The zero-order valence-electron chi connectivity index (χ0n) is 7.67. The lowest BCUT2D eigenvalue weighted by Crippen LogP contribution is -2.30. The maximum Gasteiger partial charge on any atom is 0.0684 e. The van der Waals surface area contributed by atoms with Gasteiger partial charge in [0.05, 0.1) is 29.9 Å². The highest BCUT2D eigenvalue weighted by Crippen LogP contribution is 2.25. The Hall–Kier alpha value is -0.200. The number of nitrogens with zero attached hydrogens (tertiary/aromatic N) is 1. The van der Waals surface area contributed by atoms with Crippen LogP contribution in [0.25, 0.3) is 0 Å². The van der Waals surface area contributed by atoms with Gasteiger partial charge in [-0.15, -0.1) is 0 Å². The summed E-state index contributed by atoms with van der Waals surface area (Å²) in [4.78, 5) is 0. The summed E-state index contributed by atoms with van der Waals surface area (Å²) in [7, 11) is 0. The van der Waals surface area contributed by atoms with Crippen LogP contribution in [0.15, 0.2) is 0 Å². The molecule has 0 unspecified atom stereocenters. The number of hydrogen-bond donors (Lipinski definition) is 0. The van der Waals surface area contributed by atoms with Crippen molar-refractivity contribution in [1.82, 2.24) is 0 Å². The molecule has 68 valence electrons. The molecule has 2 nitrogen and oxygen atoms in total. The van der Waals surface area contributed by atoms with Gasteiger partial charge in [0.15, 0.2) is 0 Å². The molecule has 0 aromatic heterocycles. The first-order chi connectivity index (χ1) is 5.64. The summed E-state index contributed by atoms with van der Waals surface area (Å²) in [5, 5.41) is 9.44. The van der Waals surface area contributed by atoms with Crippen molar-refractivity contribution < 1.29 is 4.74 Å². The molecular weight excluding hydrogens is 170 g/mol. The Morgan fingerprint density at radius 2 is 2.25 bits per heavy atom. The standard InChI is InChI=1S/C9H15NOS/c1-9(2,7-10)3-4-12-8-5-11-6-8/h8H,3-6H2,1-2H3. The van der Waals surface area contributed by atoms with Crippen LogP contribution >= 0.6 is 11.8 Å². The molecule has 0 bridgehead atoms. The van der Waals surface area contributed by atoms with Crippen LogP contribution in [-0.2, 0) is 4.74 Å². The topological polar surface area (TPSA) is 33.0 Å². The highest BCUT2D eigenvalue weighted by molar-refractivity contribution is 8.00. The van der Waals surface area contributed by atoms with Gasteiger partial charge in [0, 0.05) is 0 Å². The maximum absolute atomic E-state index is 8.75. The van der Waals surface area contributed by atoms with E-state index in [1.54, 1.807) is 0 Å². The Morgan fingerprint density at radius 3 is 2.67 bits per heavy atom. The molecule has 0 aliphatic carbocycles. The maximum atomic E-state index is 8.75. The summed E-state index contributed by atoms with van der Waals surface area (Å²) in [6.07, 6.45) is 0.977. The SMILES string of the molecule is CC(C)(C#N)CCSC1COC1. The summed E-state index contributed by atoms with van der Waals surface area (Å²) < 4.78 is 5.06. The molecule has 12 heavy (non-hydrogen) atoms. The molecule has 1 fully saturated rings. The lowest BCUT2D eigenvalue weighted by molar-refractivity contribution is 0.0455. The van der Waals surface area contributed by atoms with Crippen LogP contribution in [0, 0.1) is 16.7 Å². The van der Waals surface area contributed by atoms with E-state index in [1.807, 2.05) is 25.6 Å². The fraction of sp³-hybridized carbons (Fsp3) is 0.889. The van der Waals surface area contributed by atoms with Gasteiger partial charge >= 0.3 is 0 Å². The smallest absolute Gasteiger partial charge is 0.0684 e. The fourth-order valence-corrected chi connectivity index (χ4v) is 2.19. The third-order valence-corrected chi connectivity index (χ3v) is 3.17. The summed E-state index contributed by atoms with van der Waals surface area (Å²) in [6.45, 7) is 5.78. The quantitative estimate of drug-likeness (QED) is 0.672. The van der Waals surface area contributed by atoms with E-state index in [1.165, 1.54) is 0 Å². The average Bonchev–Trinajstić information content (AvgIpc) is 1.95. The predicted octanol–water partition coefficient (Wildman–Crippen LogP) is 2.06. The minimum absolute atomic E-state index is 0.155. The molecule has 0 radical (unpaired) electrons. The molecule has 1 heterocycles. The van der Waals surface area contributed by atoms with Gasteiger partial charge in [0.1, 0.15) is 0 Å². The van der Waals surface area contributed by atoms with Crippen molar-refractivity contribution in [2.75, 3.05) is 19.0 Å². The molecule has 1 aliphatic heterocycles. The minimum Gasteiger partial charge on any atom is -0.379 e. The average molecular weight is 185 g/mol. The zero-order valence-corrected chi connectivity index (χ0v) is 8.49. The number of nitriles is 1. The van der Waals surface area contributed by atoms with Crippen molar-refractivity contribution in [2.24, 2.45) is 5.41 Å². The first-order valence-electron chi connectivity index (χ1n) is 4.25. The third kappa shape index (κ3) is 3.04. The molecule has 0 atom stereocenters. The van der Waals surface area contributed by atoms with Gasteiger partial charge in [-0.25, -0.2) is 0 Å². The van der Waals surface area contributed by atoms with Gasteiger partial charge < -0.3 is 4.74 Å². The normalized spacial score (nSPS) is 18.4. The van der Waals surface area contributed by atoms with E-state index in [4.69, 9.17) is 10.00 Å². The second-order valence-electron chi connectivity index (χ2n) is 3.78. The van der Waals surface area contributed by atoms with Crippen LogP contribution in [0.2, 0.25) is 0 Å². The van der Waals surface area contributed by atoms with Crippen LogP contribution < -0.4 is 0 Å². The van der Waals surface area contributed by atoms with Crippen LogP contribution in [0.3, 0.4) is 0 Å². The van der Waals surface area contributed by atoms with E-state index in [2.05, 4.69) is 6.07 Å². The van der Waals surface area contributed by atoms with E-state index in [0.29, 0.717) is 5.25 Å². The minimum atomic E-state index is -0.155. The molecule has 0 N–H and O–H groups in total. The van der Waals surface area contributed by atoms with Gasteiger partial charge in [-0.1, -0.05) is 0 Å². The van der Waals surface area contributed by atoms with Crippen molar-refractivity contribution >= 4 is 11.8 Å². The third-order valence-electron chi connectivity index (χ3n) is 1.99. The van der Waals surface area contributed by atoms with Crippen molar-refractivity contribution in [3.63, 3.8) is 0 Å². The van der Waals surface area contributed by atoms with Gasteiger partial charge in [-0.05, 0) is 26.0 Å². The van der Waals surface area contributed by atoms with Crippen molar-refractivity contribution in [2.45, 2.75) is 25.5 Å². The summed E-state index contributed by atoms with van der Waals surface area (Å²) in [5.41, 5.74) is -0.155. The van der Waals surface area contributed by atoms with Crippen molar-refractivity contribution in [1.29, 1.82) is 5.26 Å². The molecule has 0 saturated carbocycles. The zero-order chi connectivity index (χ0) is 9.03. The Bertz CT molecular complexity index is 181. The van der Waals surface area contributed by atoms with E-state index in [0.717, 1.165) is 25.4 Å². The lowest BCUT2D eigenvalue weighted by atomic mass is 9.93. The second kappa shape index (κ2) is 4.15. The molecule has 0 aromatic carbocycles. The summed E-state index contributed by atoms with van der Waals surface area (Å²) >= 11 is 1.93. The summed E-state index contributed by atoms with van der Waals surface area (Å²) in [6, 6.07) is 2.31.